The maximum absolute atomic E-state index is 13.7. The molecule has 27 heavy (non-hydrogen) atoms. The Bertz CT molecular complexity index is 1180. The maximum Gasteiger partial charge on any atom is 0.215 e. The summed E-state index contributed by atoms with van der Waals surface area (Å²) in [4.78, 5) is 4.27. The van der Waals surface area contributed by atoms with Crippen LogP contribution < -0.4 is 11.1 Å². The van der Waals surface area contributed by atoms with E-state index in [9.17, 15) is 8.78 Å². The number of fused-ring (bicyclic) bond motifs is 1. The topological polar surface area (TPSA) is 64.1 Å². The van der Waals surface area contributed by atoms with E-state index < -0.39 is 11.6 Å². The third kappa shape index (κ3) is 3.18. The molecular formula is C19H11Cl2F2N3O. The molecule has 0 unspecified atom stereocenters. The van der Waals surface area contributed by atoms with Gasteiger partial charge in [0.25, 0.3) is 0 Å². The first-order valence-corrected chi connectivity index (χ1v) is 8.54. The van der Waals surface area contributed by atoms with Gasteiger partial charge in [-0.15, -0.1) is 0 Å². The fourth-order valence-corrected chi connectivity index (χ4v) is 3.15. The van der Waals surface area contributed by atoms with Gasteiger partial charge in [0.15, 0.2) is 5.58 Å². The highest BCUT2D eigenvalue weighted by Crippen LogP contribution is 2.40. The molecule has 0 aliphatic rings. The lowest BCUT2D eigenvalue weighted by Crippen LogP contribution is -1.94. The molecule has 0 spiro atoms. The van der Waals surface area contributed by atoms with E-state index >= 15 is 0 Å². The average molecular weight is 406 g/mol. The Morgan fingerprint density at radius 3 is 2.59 bits per heavy atom. The van der Waals surface area contributed by atoms with Crippen LogP contribution in [0.2, 0.25) is 10.0 Å². The summed E-state index contributed by atoms with van der Waals surface area (Å²) in [5.74, 6) is -0.890. The Hall–Kier alpha value is -2.83. The first-order valence-electron chi connectivity index (χ1n) is 7.78. The standard InChI is InChI=1S/C19H11Cl2F2N3O/c20-13-3-1-9(22)7-12(13)16-18-11(5-6-25-16)17(19(24)27-18)26-10-2-4-15(23)14(21)8-10/h1-8,26H,24H2. The molecule has 0 saturated heterocycles. The number of hydrogen-bond donors (Lipinski definition) is 2. The van der Waals surface area contributed by atoms with E-state index in [0.29, 0.717) is 38.6 Å². The number of hydrogen-bond acceptors (Lipinski definition) is 4. The molecular weight excluding hydrogens is 395 g/mol. The van der Waals surface area contributed by atoms with Gasteiger partial charge in [-0.1, -0.05) is 23.2 Å². The van der Waals surface area contributed by atoms with E-state index in [0.717, 1.165) is 0 Å². The second kappa shape index (κ2) is 6.72. The molecule has 0 aliphatic carbocycles. The number of halogens is 4. The van der Waals surface area contributed by atoms with Gasteiger partial charge in [-0.3, -0.25) is 4.98 Å². The Morgan fingerprint density at radius 2 is 1.81 bits per heavy atom. The van der Waals surface area contributed by atoms with Crippen molar-refractivity contribution in [3.05, 3.63) is 70.3 Å². The summed E-state index contributed by atoms with van der Waals surface area (Å²) in [6.07, 6.45) is 1.54. The van der Waals surface area contributed by atoms with Crippen molar-refractivity contribution in [2.75, 3.05) is 11.1 Å². The van der Waals surface area contributed by atoms with E-state index in [1.165, 1.54) is 42.6 Å². The average Bonchev–Trinajstić information content (AvgIpc) is 2.96. The zero-order valence-electron chi connectivity index (χ0n) is 13.6. The van der Waals surface area contributed by atoms with Crippen LogP contribution in [0, 0.1) is 11.6 Å². The minimum Gasteiger partial charge on any atom is -0.436 e. The molecule has 8 heteroatoms. The molecule has 136 valence electrons. The Labute approximate surface area is 162 Å². The second-order valence-corrected chi connectivity index (χ2v) is 6.57. The third-order valence-corrected chi connectivity index (χ3v) is 4.62. The minimum atomic E-state index is -0.528. The summed E-state index contributed by atoms with van der Waals surface area (Å²) in [6.45, 7) is 0. The third-order valence-electron chi connectivity index (χ3n) is 4.00. The number of pyridine rings is 1. The van der Waals surface area contributed by atoms with Crippen LogP contribution in [0.25, 0.3) is 22.2 Å². The van der Waals surface area contributed by atoms with Crippen LogP contribution in [0.1, 0.15) is 0 Å². The van der Waals surface area contributed by atoms with Gasteiger partial charge in [0.05, 0.1) is 15.4 Å². The van der Waals surface area contributed by atoms with Crippen LogP contribution in [-0.4, -0.2) is 4.98 Å². The van der Waals surface area contributed by atoms with Crippen LogP contribution in [0.4, 0.5) is 26.0 Å². The van der Waals surface area contributed by atoms with Crippen molar-refractivity contribution in [3.8, 4) is 11.3 Å². The number of benzene rings is 2. The van der Waals surface area contributed by atoms with Gasteiger partial charge in [-0.05, 0) is 42.5 Å². The van der Waals surface area contributed by atoms with Crippen LogP contribution >= 0.6 is 23.2 Å². The van der Waals surface area contributed by atoms with Gasteiger partial charge in [0, 0.05) is 17.4 Å². The first kappa shape index (κ1) is 17.6. The predicted octanol–water partition coefficient (Wildman–Crippen LogP) is 6.41. The van der Waals surface area contributed by atoms with Gasteiger partial charge in [-0.25, -0.2) is 8.78 Å². The zero-order chi connectivity index (χ0) is 19.1. The lowest BCUT2D eigenvalue weighted by Gasteiger charge is -2.07. The SMILES string of the molecule is Nc1oc2c(-c3cc(F)ccc3Cl)nccc2c1Nc1ccc(F)c(Cl)c1. The van der Waals surface area contributed by atoms with Crippen molar-refractivity contribution in [3.63, 3.8) is 0 Å². The molecule has 4 nitrogen and oxygen atoms in total. The molecule has 0 fully saturated rings. The number of nitrogens with one attached hydrogen (secondary N) is 1. The maximum atomic E-state index is 13.7. The highest BCUT2D eigenvalue weighted by atomic mass is 35.5. The number of furan rings is 1. The normalized spacial score (nSPS) is 11.1. The number of nitrogens with two attached hydrogens (primary N) is 1. The Balaban J connectivity index is 1.86. The number of anilines is 3. The van der Waals surface area contributed by atoms with Crippen molar-refractivity contribution in [1.29, 1.82) is 0 Å². The molecule has 0 radical (unpaired) electrons. The van der Waals surface area contributed by atoms with E-state index in [1.807, 2.05) is 0 Å². The van der Waals surface area contributed by atoms with Gasteiger partial charge in [-0.2, -0.15) is 0 Å². The van der Waals surface area contributed by atoms with Crippen LogP contribution in [0.3, 0.4) is 0 Å². The fraction of sp³-hybridized carbons (Fsp3) is 0. The lowest BCUT2D eigenvalue weighted by atomic mass is 10.1. The molecule has 0 amide bonds. The summed E-state index contributed by atoms with van der Waals surface area (Å²) < 4.78 is 32.7. The Kier molecular flexibility index (Phi) is 4.37. The van der Waals surface area contributed by atoms with Crippen molar-refractivity contribution in [2.24, 2.45) is 0 Å². The summed E-state index contributed by atoms with van der Waals surface area (Å²) in [5.41, 5.74) is 8.08. The molecule has 2 aromatic carbocycles. The molecule has 0 aliphatic heterocycles. The molecule has 4 aromatic rings. The number of rotatable bonds is 3. The molecule has 4 rings (SSSR count). The summed E-state index contributed by atoms with van der Waals surface area (Å²) in [5, 5.41) is 3.97. The highest BCUT2D eigenvalue weighted by molar-refractivity contribution is 6.33. The van der Waals surface area contributed by atoms with E-state index in [1.54, 1.807) is 6.07 Å². The second-order valence-electron chi connectivity index (χ2n) is 5.76. The van der Waals surface area contributed by atoms with Gasteiger partial charge < -0.3 is 15.5 Å². The monoisotopic (exact) mass is 405 g/mol. The van der Waals surface area contributed by atoms with Gasteiger partial charge >= 0.3 is 0 Å². The van der Waals surface area contributed by atoms with Crippen molar-refractivity contribution < 1.29 is 13.2 Å². The number of nitrogen functional groups attached to an aromatic ring is 1. The minimum absolute atomic E-state index is 0.0275. The first-order chi connectivity index (χ1) is 12.9. The molecule has 3 N–H and O–H groups in total. The van der Waals surface area contributed by atoms with Crippen molar-refractivity contribution >= 4 is 51.4 Å². The number of nitrogens with zero attached hydrogens (tertiary/aromatic N) is 1. The largest absolute Gasteiger partial charge is 0.436 e. The van der Waals surface area contributed by atoms with Gasteiger partial charge in [0.2, 0.25) is 5.88 Å². The summed E-state index contributed by atoms with van der Waals surface area (Å²) >= 11 is 12.0. The summed E-state index contributed by atoms with van der Waals surface area (Å²) in [6, 6.07) is 9.86. The van der Waals surface area contributed by atoms with Crippen LogP contribution in [-0.2, 0) is 0 Å². The van der Waals surface area contributed by atoms with Crippen molar-refractivity contribution in [2.45, 2.75) is 0 Å². The van der Waals surface area contributed by atoms with E-state index in [2.05, 4.69) is 10.3 Å². The predicted molar refractivity (Wildman–Crippen MR) is 104 cm³/mol. The highest BCUT2D eigenvalue weighted by Gasteiger charge is 2.19. The van der Waals surface area contributed by atoms with E-state index in [4.69, 9.17) is 33.4 Å². The quantitative estimate of drug-likeness (QED) is 0.413. The Morgan fingerprint density at radius 1 is 1.00 bits per heavy atom. The number of aromatic nitrogens is 1. The fourth-order valence-electron chi connectivity index (χ4n) is 2.76. The molecule has 0 saturated carbocycles. The molecule has 0 bridgehead atoms. The molecule has 2 aromatic heterocycles. The zero-order valence-corrected chi connectivity index (χ0v) is 15.1. The summed E-state index contributed by atoms with van der Waals surface area (Å²) in [7, 11) is 0. The smallest absolute Gasteiger partial charge is 0.215 e. The van der Waals surface area contributed by atoms with Crippen molar-refractivity contribution in [1.82, 2.24) is 4.98 Å². The lowest BCUT2D eigenvalue weighted by molar-refractivity contribution is 0.627. The van der Waals surface area contributed by atoms with Crippen LogP contribution in [0.15, 0.2) is 53.1 Å². The van der Waals surface area contributed by atoms with E-state index in [-0.39, 0.29) is 10.9 Å². The molecule has 0 atom stereocenters. The van der Waals surface area contributed by atoms with Gasteiger partial charge in [0.1, 0.15) is 23.0 Å². The molecule has 2 heterocycles. The van der Waals surface area contributed by atoms with Crippen LogP contribution in [0.5, 0.6) is 0 Å².